The highest BCUT2D eigenvalue weighted by molar-refractivity contribution is 14.1. The molecule has 0 unspecified atom stereocenters. The summed E-state index contributed by atoms with van der Waals surface area (Å²) in [4.78, 5) is 12.9. The molecule has 21 heavy (non-hydrogen) atoms. The van der Waals surface area contributed by atoms with Crippen LogP contribution in [0.15, 0.2) is 42.5 Å². The first-order valence-corrected chi connectivity index (χ1v) is 8.42. The SMILES string of the molecule is CC(C)c1ccc(C(=O)c2ccccc2I)c(C(C)C)c1. The smallest absolute Gasteiger partial charge is 0.194 e. The van der Waals surface area contributed by atoms with E-state index in [1.807, 2.05) is 30.3 Å². The second-order valence-corrected chi connectivity index (χ2v) is 7.13. The maximum absolute atomic E-state index is 12.9. The van der Waals surface area contributed by atoms with Crippen molar-refractivity contribution in [2.75, 3.05) is 0 Å². The van der Waals surface area contributed by atoms with Gasteiger partial charge in [-0.15, -0.1) is 0 Å². The van der Waals surface area contributed by atoms with Crippen LogP contribution in [0.2, 0.25) is 0 Å². The van der Waals surface area contributed by atoms with Crippen molar-refractivity contribution >= 4 is 28.4 Å². The number of benzene rings is 2. The molecule has 110 valence electrons. The molecule has 0 saturated carbocycles. The van der Waals surface area contributed by atoms with Gasteiger partial charge in [-0.25, -0.2) is 0 Å². The summed E-state index contributed by atoms with van der Waals surface area (Å²) in [5.74, 6) is 0.937. The third-order valence-electron chi connectivity index (χ3n) is 3.73. The Labute approximate surface area is 140 Å². The fourth-order valence-electron chi connectivity index (χ4n) is 2.42. The van der Waals surface area contributed by atoms with Gasteiger partial charge in [-0.3, -0.25) is 4.79 Å². The zero-order chi connectivity index (χ0) is 15.6. The van der Waals surface area contributed by atoms with Gasteiger partial charge in [0, 0.05) is 14.7 Å². The van der Waals surface area contributed by atoms with E-state index >= 15 is 0 Å². The van der Waals surface area contributed by atoms with Crippen molar-refractivity contribution in [2.24, 2.45) is 0 Å². The Balaban J connectivity index is 2.53. The lowest BCUT2D eigenvalue weighted by Gasteiger charge is -2.16. The zero-order valence-electron chi connectivity index (χ0n) is 13.0. The van der Waals surface area contributed by atoms with Gasteiger partial charge in [-0.2, -0.15) is 0 Å². The molecule has 0 heterocycles. The molecule has 0 amide bonds. The van der Waals surface area contributed by atoms with E-state index in [9.17, 15) is 4.79 Å². The second-order valence-electron chi connectivity index (χ2n) is 5.97. The summed E-state index contributed by atoms with van der Waals surface area (Å²) in [6.45, 7) is 8.65. The molecule has 0 aliphatic heterocycles. The molecule has 0 aromatic heterocycles. The number of ketones is 1. The Morgan fingerprint density at radius 1 is 0.905 bits per heavy atom. The van der Waals surface area contributed by atoms with Gasteiger partial charge in [-0.05, 0) is 57.7 Å². The van der Waals surface area contributed by atoms with Crippen LogP contribution in [0.5, 0.6) is 0 Å². The minimum absolute atomic E-state index is 0.124. The number of carbonyl (C=O) groups is 1. The fourth-order valence-corrected chi connectivity index (χ4v) is 3.05. The monoisotopic (exact) mass is 392 g/mol. The van der Waals surface area contributed by atoms with E-state index in [2.05, 4.69) is 62.4 Å². The van der Waals surface area contributed by atoms with Crippen molar-refractivity contribution < 1.29 is 4.79 Å². The van der Waals surface area contributed by atoms with Crippen LogP contribution in [-0.4, -0.2) is 5.78 Å². The van der Waals surface area contributed by atoms with Gasteiger partial charge in [0.1, 0.15) is 0 Å². The van der Waals surface area contributed by atoms with E-state index in [-0.39, 0.29) is 5.78 Å². The lowest BCUT2D eigenvalue weighted by molar-refractivity contribution is 0.103. The molecule has 0 atom stereocenters. The van der Waals surface area contributed by atoms with Crippen LogP contribution in [0.4, 0.5) is 0 Å². The molecule has 2 rings (SSSR count). The summed E-state index contributed by atoms with van der Waals surface area (Å²) in [6, 6.07) is 14.0. The van der Waals surface area contributed by atoms with Crippen LogP contribution < -0.4 is 0 Å². The maximum Gasteiger partial charge on any atom is 0.194 e. The molecule has 0 bridgehead atoms. The molecule has 2 aromatic carbocycles. The van der Waals surface area contributed by atoms with Crippen molar-refractivity contribution in [3.8, 4) is 0 Å². The van der Waals surface area contributed by atoms with E-state index < -0.39 is 0 Å². The van der Waals surface area contributed by atoms with Crippen molar-refractivity contribution in [3.05, 3.63) is 68.3 Å². The first kappa shape index (κ1) is 16.2. The van der Waals surface area contributed by atoms with E-state index in [0.717, 1.165) is 20.3 Å². The summed E-state index contributed by atoms with van der Waals surface area (Å²) in [6.07, 6.45) is 0. The van der Waals surface area contributed by atoms with E-state index in [1.165, 1.54) is 5.56 Å². The van der Waals surface area contributed by atoms with Crippen LogP contribution in [-0.2, 0) is 0 Å². The third kappa shape index (κ3) is 3.54. The molecule has 0 N–H and O–H groups in total. The summed E-state index contributed by atoms with van der Waals surface area (Å²) in [5.41, 5.74) is 4.06. The van der Waals surface area contributed by atoms with Crippen LogP contribution >= 0.6 is 22.6 Å². The first-order valence-electron chi connectivity index (χ1n) is 7.35. The molecule has 0 aliphatic carbocycles. The molecule has 0 radical (unpaired) electrons. The average molecular weight is 392 g/mol. The predicted molar refractivity (Wildman–Crippen MR) is 97.2 cm³/mol. The van der Waals surface area contributed by atoms with Crippen LogP contribution in [0, 0.1) is 3.57 Å². The lowest BCUT2D eigenvalue weighted by atomic mass is 9.88. The van der Waals surface area contributed by atoms with E-state index in [0.29, 0.717) is 11.8 Å². The topological polar surface area (TPSA) is 17.1 Å². The van der Waals surface area contributed by atoms with Gasteiger partial charge in [-0.1, -0.05) is 58.0 Å². The van der Waals surface area contributed by atoms with E-state index in [4.69, 9.17) is 0 Å². The van der Waals surface area contributed by atoms with Crippen molar-refractivity contribution in [2.45, 2.75) is 39.5 Å². The van der Waals surface area contributed by atoms with Crippen LogP contribution in [0.25, 0.3) is 0 Å². The Morgan fingerprint density at radius 3 is 2.14 bits per heavy atom. The Hall–Kier alpha value is -1.16. The third-order valence-corrected chi connectivity index (χ3v) is 4.67. The van der Waals surface area contributed by atoms with Crippen LogP contribution in [0.3, 0.4) is 0 Å². The molecule has 1 nitrogen and oxygen atoms in total. The van der Waals surface area contributed by atoms with Gasteiger partial charge in [0.2, 0.25) is 0 Å². The van der Waals surface area contributed by atoms with Crippen molar-refractivity contribution in [1.29, 1.82) is 0 Å². The largest absolute Gasteiger partial charge is 0.289 e. The predicted octanol–water partition coefficient (Wildman–Crippen LogP) is 5.77. The van der Waals surface area contributed by atoms with Gasteiger partial charge in [0.05, 0.1) is 0 Å². The molecule has 0 saturated heterocycles. The van der Waals surface area contributed by atoms with Crippen molar-refractivity contribution in [1.82, 2.24) is 0 Å². The lowest BCUT2D eigenvalue weighted by Crippen LogP contribution is -2.09. The first-order chi connectivity index (χ1) is 9.91. The molecule has 0 fully saturated rings. The van der Waals surface area contributed by atoms with Gasteiger partial charge >= 0.3 is 0 Å². The summed E-state index contributed by atoms with van der Waals surface area (Å²) >= 11 is 2.23. The number of hydrogen-bond acceptors (Lipinski definition) is 1. The summed E-state index contributed by atoms with van der Waals surface area (Å²) in [7, 11) is 0. The Kier molecular flexibility index (Phi) is 5.20. The zero-order valence-corrected chi connectivity index (χ0v) is 15.1. The molecule has 0 aliphatic rings. The van der Waals surface area contributed by atoms with Crippen LogP contribution in [0.1, 0.15) is 66.6 Å². The molecule has 0 spiro atoms. The second kappa shape index (κ2) is 6.73. The normalized spacial score (nSPS) is 11.2. The maximum atomic E-state index is 12.9. The minimum atomic E-state index is 0.124. The number of halogens is 1. The Morgan fingerprint density at radius 2 is 1.57 bits per heavy atom. The number of rotatable bonds is 4. The fraction of sp³-hybridized carbons (Fsp3) is 0.316. The van der Waals surface area contributed by atoms with Gasteiger partial charge < -0.3 is 0 Å². The highest BCUT2D eigenvalue weighted by Gasteiger charge is 2.18. The van der Waals surface area contributed by atoms with Gasteiger partial charge in [0.25, 0.3) is 0 Å². The standard InChI is InChI=1S/C19H21IO/c1-12(2)14-9-10-15(17(11-14)13(3)4)19(21)16-7-5-6-8-18(16)20/h5-13H,1-4H3. The summed E-state index contributed by atoms with van der Waals surface area (Å²) < 4.78 is 1.00. The van der Waals surface area contributed by atoms with Gasteiger partial charge in [0.15, 0.2) is 5.78 Å². The highest BCUT2D eigenvalue weighted by atomic mass is 127. The molecular formula is C19H21IO. The number of hydrogen-bond donors (Lipinski definition) is 0. The average Bonchev–Trinajstić information content (AvgIpc) is 2.46. The molecule has 2 aromatic rings. The molecule has 2 heteroatoms. The number of carbonyl (C=O) groups excluding carboxylic acids is 1. The Bertz CT molecular complexity index is 656. The summed E-state index contributed by atoms with van der Waals surface area (Å²) in [5, 5.41) is 0. The highest BCUT2D eigenvalue weighted by Crippen LogP contribution is 2.27. The minimum Gasteiger partial charge on any atom is -0.289 e. The quantitative estimate of drug-likeness (QED) is 0.477. The van der Waals surface area contributed by atoms with E-state index in [1.54, 1.807) is 0 Å². The molecular weight excluding hydrogens is 371 g/mol. The van der Waals surface area contributed by atoms with Crippen molar-refractivity contribution in [3.63, 3.8) is 0 Å².